The first-order valence-corrected chi connectivity index (χ1v) is 9.23. The van der Waals surface area contributed by atoms with Gasteiger partial charge in [0, 0.05) is 6.54 Å². The van der Waals surface area contributed by atoms with Gasteiger partial charge in [-0.25, -0.2) is 4.68 Å². The van der Waals surface area contributed by atoms with Crippen molar-refractivity contribution in [3.8, 4) is 0 Å². The van der Waals surface area contributed by atoms with Gasteiger partial charge in [-0.3, -0.25) is 4.79 Å². The number of nitrogens with one attached hydrogen (secondary N) is 2. The quantitative estimate of drug-likeness (QED) is 0.789. The van der Waals surface area contributed by atoms with E-state index in [1.54, 1.807) is 6.20 Å². The monoisotopic (exact) mass is 319 g/mol. The summed E-state index contributed by atoms with van der Waals surface area (Å²) in [5.41, 5.74) is 0.446. The van der Waals surface area contributed by atoms with E-state index in [0.717, 1.165) is 44.8 Å². The molecule has 1 amide bonds. The molecule has 0 aromatic carbocycles. The Hall–Kier alpha value is -1.43. The van der Waals surface area contributed by atoms with Crippen LogP contribution in [0.5, 0.6) is 0 Å². The summed E-state index contributed by atoms with van der Waals surface area (Å²) in [6.07, 6.45) is 13.1. The van der Waals surface area contributed by atoms with Crippen LogP contribution in [0.25, 0.3) is 0 Å². The molecule has 0 spiro atoms. The number of hydrogen-bond donors (Lipinski definition) is 2. The molecule has 1 saturated carbocycles. The number of amides is 1. The van der Waals surface area contributed by atoms with E-state index >= 15 is 0 Å². The highest BCUT2D eigenvalue weighted by atomic mass is 16.2. The number of piperidine rings is 1. The maximum atomic E-state index is 12.2. The zero-order valence-corrected chi connectivity index (χ0v) is 14.0. The molecule has 6 heteroatoms. The van der Waals surface area contributed by atoms with E-state index in [-0.39, 0.29) is 5.91 Å². The smallest absolute Gasteiger partial charge is 0.273 e. The average Bonchev–Trinajstić information content (AvgIpc) is 3.10. The maximum absolute atomic E-state index is 12.2. The Morgan fingerprint density at radius 1 is 1.22 bits per heavy atom. The van der Waals surface area contributed by atoms with Crippen LogP contribution < -0.4 is 10.6 Å². The van der Waals surface area contributed by atoms with Crippen LogP contribution in [0.15, 0.2) is 6.20 Å². The molecule has 1 aliphatic heterocycles. The molecule has 1 aliphatic carbocycles. The van der Waals surface area contributed by atoms with Crippen molar-refractivity contribution in [2.45, 2.75) is 63.8 Å². The van der Waals surface area contributed by atoms with Crippen molar-refractivity contribution >= 4 is 5.91 Å². The molecule has 0 unspecified atom stereocenters. The van der Waals surface area contributed by atoms with Crippen LogP contribution in [0, 0.1) is 5.92 Å². The molecule has 6 nitrogen and oxygen atoms in total. The molecular formula is C17H29N5O. The Kier molecular flexibility index (Phi) is 6.02. The molecule has 1 aromatic heterocycles. The Morgan fingerprint density at radius 2 is 2.00 bits per heavy atom. The number of nitrogens with zero attached hydrogens (tertiary/aromatic N) is 3. The highest BCUT2D eigenvalue weighted by Crippen LogP contribution is 2.26. The summed E-state index contributed by atoms with van der Waals surface area (Å²) >= 11 is 0. The zero-order valence-electron chi connectivity index (χ0n) is 14.0. The molecule has 2 heterocycles. The van der Waals surface area contributed by atoms with Crippen molar-refractivity contribution in [3.63, 3.8) is 0 Å². The summed E-state index contributed by atoms with van der Waals surface area (Å²) in [7, 11) is 0. The molecule has 0 radical (unpaired) electrons. The average molecular weight is 319 g/mol. The van der Waals surface area contributed by atoms with Crippen LogP contribution in [-0.2, 0) is 0 Å². The van der Waals surface area contributed by atoms with Crippen LogP contribution in [0.2, 0.25) is 0 Å². The normalized spacial score (nSPS) is 20.5. The lowest BCUT2D eigenvalue weighted by molar-refractivity contribution is 0.0947. The molecule has 3 rings (SSSR count). The van der Waals surface area contributed by atoms with Gasteiger partial charge >= 0.3 is 0 Å². The first-order valence-electron chi connectivity index (χ1n) is 9.23. The number of carbonyl (C=O) groups excluding carboxylic acids is 1. The minimum atomic E-state index is -0.0890. The summed E-state index contributed by atoms with van der Waals surface area (Å²) in [6.45, 7) is 2.76. The van der Waals surface area contributed by atoms with Gasteiger partial charge in [-0.15, -0.1) is 5.10 Å². The molecule has 2 aliphatic rings. The molecule has 2 fully saturated rings. The summed E-state index contributed by atoms with van der Waals surface area (Å²) in [5, 5.41) is 14.5. The van der Waals surface area contributed by atoms with Crippen LogP contribution in [0.4, 0.5) is 0 Å². The van der Waals surface area contributed by atoms with Crippen LogP contribution in [0.3, 0.4) is 0 Å². The Labute approximate surface area is 138 Å². The van der Waals surface area contributed by atoms with Gasteiger partial charge in [0.15, 0.2) is 5.69 Å². The van der Waals surface area contributed by atoms with Gasteiger partial charge in [-0.05, 0) is 44.7 Å². The van der Waals surface area contributed by atoms with Gasteiger partial charge in [-0.2, -0.15) is 0 Å². The third kappa shape index (κ3) is 4.77. The molecule has 1 saturated heterocycles. The summed E-state index contributed by atoms with van der Waals surface area (Å²) < 4.78 is 1.86. The van der Waals surface area contributed by atoms with Gasteiger partial charge in [0.2, 0.25) is 0 Å². The SMILES string of the molecule is O=C(NCCCC1CCCCC1)c1cn(C2CCNCC2)nn1. The van der Waals surface area contributed by atoms with Crippen molar-refractivity contribution in [3.05, 3.63) is 11.9 Å². The molecule has 0 atom stereocenters. The van der Waals surface area contributed by atoms with Crippen LogP contribution in [0.1, 0.15) is 74.3 Å². The summed E-state index contributed by atoms with van der Waals surface area (Å²) in [6, 6.07) is 0.372. The topological polar surface area (TPSA) is 71.8 Å². The predicted octanol–water partition coefficient (Wildman–Crippen LogP) is 2.29. The number of aromatic nitrogens is 3. The van der Waals surface area contributed by atoms with E-state index < -0.39 is 0 Å². The van der Waals surface area contributed by atoms with E-state index in [0.29, 0.717) is 11.7 Å². The van der Waals surface area contributed by atoms with Crippen molar-refractivity contribution in [2.75, 3.05) is 19.6 Å². The first kappa shape index (κ1) is 16.4. The van der Waals surface area contributed by atoms with E-state index in [4.69, 9.17) is 0 Å². The minimum Gasteiger partial charge on any atom is -0.351 e. The number of rotatable bonds is 6. The van der Waals surface area contributed by atoms with Gasteiger partial charge in [0.05, 0.1) is 12.2 Å². The predicted molar refractivity (Wildman–Crippen MR) is 89.3 cm³/mol. The summed E-state index contributed by atoms with van der Waals surface area (Å²) in [4.78, 5) is 12.2. The van der Waals surface area contributed by atoms with E-state index in [9.17, 15) is 4.79 Å². The Balaban J connectivity index is 1.38. The molecule has 23 heavy (non-hydrogen) atoms. The highest BCUT2D eigenvalue weighted by molar-refractivity contribution is 5.91. The van der Waals surface area contributed by atoms with Crippen molar-refractivity contribution in [2.24, 2.45) is 5.92 Å². The highest BCUT2D eigenvalue weighted by Gasteiger charge is 2.18. The van der Waals surface area contributed by atoms with Gasteiger partial charge in [0.1, 0.15) is 0 Å². The zero-order chi connectivity index (χ0) is 15.9. The molecular weight excluding hydrogens is 290 g/mol. The molecule has 2 N–H and O–H groups in total. The first-order chi connectivity index (χ1) is 11.3. The van der Waals surface area contributed by atoms with E-state index in [2.05, 4.69) is 20.9 Å². The van der Waals surface area contributed by atoms with Gasteiger partial charge in [0.25, 0.3) is 5.91 Å². The third-order valence-corrected chi connectivity index (χ3v) is 5.23. The summed E-state index contributed by atoms with van der Waals surface area (Å²) in [5.74, 6) is 0.787. The second kappa shape index (κ2) is 8.43. The second-order valence-corrected chi connectivity index (χ2v) is 6.97. The fourth-order valence-corrected chi connectivity index (χ4v) is 3.79. The van der Waals surface area contributed by atoms with Crippen molar-refractivity contribution < 1.29 is 4.79 Å². The van der Waals surface area contributed by atoms with Crippen LogP contribution in [-0.4, -0.2) is 40.5 Å². The number of carbonyl (C=O) groups is 1. The fourth-order valence-electron chi connectivity index (χ4n) is 3.79. The largest absolute Gasteiger partial charge is 0.351 e. The van der Waals surface area contributed by atoms with Crippen molar-refractivity contribution in [1.29, 1.82) is 0 Å². The third-order valence-electron chi connectivity index (χ3n) is 5.23. The molecule has 0 bridgehead atoms. The minimum absolute atomic E-state index is 0.0890. The lowest BCUT2D eigenvalue weighted by atomic mass is 9.86. The van der Waals surface area contributed by atoms with E-state index in [1.807, 2.05) is 4.68 Å². The maximum Gasteiger partial charge on any atom is 0.273 e. The lowest BCUT2D eigenvalue weighted by Gasteiger charge is -2.22. The molecule has 1 aromatic rings. The van der Waals surface area contributed by atoms with E-state index in [1.165, 1.54) is 38.5 Å². The van der Waals surface area contributed by atoms with Crippen LogP contribution >= 0.6 is 0 Å². The van der Waals surface area contributed by atoms with Crippen molar-refractivity contribution in [1.82, 2.24) is 25.6 Å². The van der Waals surface area contributed by atoms with Gasteiger partial charge < -0.3 is 10.6 Å². The number of hydrogen-bond acceptors (Lipinski definition) is 4. The fraction of sp³-hybridized carbons (Fsp3) is 0.824. The Bertz CT molecular complexity index is 489. The molecule has 128 valence electrons. The standard InChI is InChI=1S/C17H29N5O/c23-17(19-10-4-7-14-5-2-1-3-6-14)16-13-22(21-20-16)15-8-11-18-12-9-15/h13-15,18H,1-12H2,(H,19,23). The Morgan fingerprint density at radius 3 is 2.78 bits per heavy atom. The lowest BCUT2D eigenvalue weighted by Crippen LogP contribution is -2.29. The van der Waals surface area contributed by atoms with Gasteiger partial charge in [-0.1, -0.05) is 37.3 Å². The second-order valence-electron chi connectivity index (χ2n) is 6.97.